The van der Waals surface area contributed by atoms with E-state index >= 15 is 0 Å². The van der Waals surface area contributed by atoms with Gasteiger partial charge in [0, 0.05) is 38.1 Å². The van der Waals surface area contributed by atoms with Crippen LogP contribution in [0.1, 0.15) is 39.4 Å². The van der Waals surface area contributed by atoms with Crippen molar-refractivity contribution in [2.45, 2.75) is 25.3 Å². The van der Waals surface area contributed by atoms with E-state index in [0.717, 1.165) is 38.9 Å². The van der Waals surface area contributed by atoms with Gasteiger partial charge >= 0.3 is 0 Å². The third-order valence-electron chi connectivity index (χ3n) is 4.58. The van der Waals surface area contributed by atoms with Crippen molar-refractivity contribution in [3.05, 3.63) is 53.6 Å². The van der Waals surface area contributed by atoms with Gasteiger partial charge in [-0.3, -0.25) is 14.6 Å². The van der Waals surface area contributed by atoms with E-state index in [1.54, 1.807) is 6.07 Å². The number of amides is 2. The summed E-state index contributed by atoms with van der Waals surface area (Å²) in [5.41, 5.74) is 7.10. The van der Waals surface area contributed by atoms with Gasteiger partial charge in [0.25, 0.3) is 11.8 Å². The number of nitrogens with zero attached hydrogens (tertiary/aromatic N) is 2. The summed E-state index contributed by atoms with van der Waals surface area (Å²) in [5, 5.41) is 3.02. The molecule has 1 fully saturated rings. The maximum atomic E-state index is 12.2. The number of nitrogens with two attached hydrogens (primary N) is 1. The van der Waals surface area contributed by atoms with Crippen LogP contribution in [-0.2, 0) is 6.42 Å². The molecule has 0 radical (unpaired) electrons. The van der Waals surface area contributed by atoms with Crippen LogP contribution >= 0.6 is 0 Å². The molecule has 2 aromatic rings. The number of hydrogen-bond donors (Lipinski definition) is 3. The molecule has 0 unspecified atom stereocenters. The van der Waals surface area contributed by atoms with E-state index in [1.165, 1.54) is 11.6 Å². The van der Waals surface area contributed by atoms with Crippen molar-refractivity contribution < 1.29 is 9.59 Å². The highest BCUT2D eigenvalue weighted by Crippen LogP contribution is 2.12. The van der Waals surface area contributed by atoms with Gasteiger partial charge in [-0.25, -0.2) is 0 Å². The SMILES string of the molecule is NC(=O)c1ccc(C(=O)NC2CCN(CCc3ccncc3)CC2)[nH]1. The Bertz CT molecular complexity index is 720. The molecule has 2 aromatic heterocycles. The average molecular weight is 341 g/mol. The monoisotopic (exact) mass is 341 g/mol. The highest BCUT2D eigenvalue weighted by Gasteiger charge is 2.21. The first kappa shape index (κ1) is 17.2. The van der Waals surface area contributed by atoms with Crippen molar-refractivity contribution in [1.82, 2.24) is 20.2 Å². The first-order valence-electron chi connectivity index (χ1n) is 8.53. The summed E-state index contributed by atoms with van der Waals surface area (Å²) in [6.45, 7) is 2.95. The maximum absolute atomic E-state index is 12.2. The molecule has 1 saturated heterocycles. The predicted octanol–water partition coefficient (Wildman–Crippen LogP) is 0.945. The average Bonchev–Trinajstić information content (AvgIpc) is 3.13. The molecule has 132 valence electrons. The number of pyridine rings is 1. The first-order chi connectivity index (χ1) is 12.1. The smallest absolute Gasteiger partial charge is 0.267 e. The van der Waals surface area contributed by atoms with E-state index in [2.05, 4.69) is 20.2 Å². The second-order valence-electron chi connectivity index (χ2n) is 6.34. The molecule has 25 heavy (non-hydrogen) atoms. The zero-order valence-electron chi connectivity index (χ0n) is 14.1. The van der Waals surface area contributed by atoms with Crippen LogP contribution in [0.25, 0.3) is 0 Å². The lowest BCUT2D eigenvalue weighted by atomic mass is 10.0. The molecule has 3 heterocycles. The lowest BCUT2D eigenvalue weighted by Gasteiger charge is -2.32. The van der Waals surface area contributed by atoms with Crippen molar-refractivity contribution >= 4 is 11.8 Å². The summed E-state index contributed by atoms with van der Waals surface area (Å²) in [6.07, 6.45) is 6.50. The molecule has 7 heteroatoms. The van der Waals surface area contributed by atoms with Gasteiger partial charge in [-0.05, 0) is 49.1 Å². The van der Waals surface area contributed by atoms with Crippen LogP contribution in [0.4, 0.5) is 0 Å². The quantitative estimate of drug-likeness (QED) is 0.727. The fraction of sp³-hybridized carbons (Fsp3) is 0.389. The third-order valence-corrected chi connectivity index (χ3v) is 4.58. The number of likely N-dealkylation sites (tertiary alicyclic amines) is 1. The Morgan fingerprint density at radius 2 is 1.84 bits per heavy atom. The second kappa shape index (κ2) is 7.94. The Balaban J connectivity index is 1.42. The number of primary amides is 1. The summed E-state index contributed by atoms with van der Waals surface area (Å²) < 4.78 is 0. The zero-order valence-corrected chi connectivity index (χ0v) is 14.1. The lowest BCUT2D eigenvalue weighted by molar-refractivity contribution is 0.0907. The van der Waals surface area contributed by atoms with Crippen LogP contribution < -0.4 is 11.1 Å². The number of H-pyrrole nitrogens is 1. The Morgan fingerprint density at radius 3 is 2.48 bits per heavy atom. The standard InChI is InChI=1S/C18H23N5O2/c19-17(24)15-1-2-16(22-15)18(25)21-14-6-11-23(12-7-14)10-5-13-3-8-20-9-4-13/h1-4,8-9,14,22H,5-7,10-12H2,(H2,19,24)(H,21,25). The highest BCUT2D eigenvalue weighted by atomic mass is 16.2. The summed E-state index contributed by atoms with van der Waals surface area (Å²) in [4.78, 5) is 32.5. The van der Waals surface area contributed by atoms with Gasteiger partial charge in [0.1, 0.15) is 11.4 Å². The molecule has 0 aliphatic carbocycles. The largest absolute Gasteiger partial charge is 0.364 e. The third kappa shape index (κ3) is 4.67. The summed E-state index contributed by atoms with van der Waals surface area (Å²) in [6, 6.07) is 7.36. The number of carbonyl (C=O) groups is 2. The molecule has 4 N–H and O–H groups in total. The molecular formula is C18H23N5O2. The fourth-order valence-electron chi connectivity index (χ4n) is 3.07. The van der Waals surface area contributed by atoms with Gasteiger partial charge in [-0.2, -0.15) is 0 Å². The second-order valence-corrected chi connectivity index (χ2v) is 6.34. The van der Waals surface area contributed by atoms with Gasteiger partial charge in [0.05, 0.1) is 0 Å². The van der Waals surface area contributed by atoms with E-state index in [-0.39, 0.29) is 17.6 Å². The molecule has 3 rings (SSSR count). The summed E-state index contributed by atoms with van der Waals surface area (Å²) >= 11 is 0. The topological polar surface area (TPSA) is 104 Å². The molecule has 0 saturated carbocycles. The molecule has 2 amide bonds. The van der Waals surface area contributed by atoms with Crippen LogP contribution in [0.15, 0.2) is 36.7 Å². The molecule has 1 aliphatic rings. The van der Waals surface area contributed by atoms with Gasteiger partial charge in [-0.15, -0.1) is 0 Å². The van der Waals surface area contributed by atoms with Crippen molar-refractivity contribution in [1.29, 1.82) is 0 Å². The fourth-order valence-corrected chi connectivity index (χ4v) is 3.07. The number of aromatic amines is 1. The van der Waals surface area contributed by atoms with Crippen LogP contribution in [0.2, 0.25) is 0 Å². The van der Waals surface area contributed by atoms with E-state index in [1.807, 2.05) is 24.5 Å². The first-order valence-corrected chi connectivity index (χ1v) is 8.53. The number of nitrogens with one attached hydrogen (secondary N) is 2. The summed E-state index contributed by atoms with van der Waals surface area (Å²) in [5.74, 6) is -0.760. The highest BCUT2D eigenvalue weighted by molar-refractivity contribution is 5.96. The predicted molar refractivity (Wildman–Crippen MR) is 94.2 cm³/mol. The zero-order chi connectivity index (χ0) is 17.6. The van der Waals surface area contributed by atoms with Crippen LogP contribution in [0.3, 0.4) is 0 Å². The molecule has 1 aliphatic heterocycles. The lowest BCUT2D eigenvalue weighted by Crippen LogP contribution is -2.45. The minimum absolute atomic E-state index is 0.157. The van der Waals surface area contributed by atoms with Crippen molar-refractivity contribution in [2.24, 2.45) is 5.73 Å². The number of hydrogen-bond acceptors (Lipinski definition) is 4. The molecule has 0 spiro atoms. The van der Waals surface area contributed by atoms with Crippen molar-refractivity contribution in [2.75, 3.05) is 19.6 Å². The molecule has 0 aromatic carbocycles. The van der Waals surface area contributed by atoms with Gasteiger partial charge in [-0.1, -0.05) is 0 Å². The number of carbonyl (C=O) groups excluding carboxylic acids is 2. The molecule has 0 atom stereocenters. The van der Waals surface area contributed by atoms with Crippen molar-refractivity contribution in [3.63, 3.8) is 0 Å². The Morgan fingerprint density at radius 1 is 1.16 bits per heavy atom. The van der Waals surface area contributed by atoms with Crippen LogP contribution in [0, 0.1) is 0 Å². The number of piperidine rings is 1. The number of aromatic nitrogens is 2. The van der Waals surface area contributed by atoms with Crippen LogP contribution in [0.5, 0.6) is 0 Å². The Hall–Kier alpha value is -2.67. The maximum Gasteiger partial charge on any atom is 0.267 e. The number of rotatable bonds is 6. The molecule has 0 bridgehead atoms. The summed E-state index contributed by atoms with van der Waals surface area (Å²) in [7, 11) is 0. The Labute approximate surface area is 146 Å². The Kier molecular flexibility index (Phi) is 5.45. The normalized spacial score (nSPS) is 15.8. The van der Waals surface area contributed by atoms with Crippen LogP contribution in [-0.4, -0.2) is 52.4 Å². The van der Waals surface area contributed by atoms with E-state index in [0.29, 0.717) is 5.69 Å². The molecule has 7 nitrogen and oxygen atoms in total. The minimum Gasteiger partial charge on any atom is -0.364 e. The molecular weight excluding hydrogens is 318 g/mol. The van der Waals surface area contributed by atoms with Gasteiger partial charge < -0.3 is 20.9 Å². The van der Waals surface area contributed by atoms with Crippen molar-refractivity contribution in [3.8, 4) is 0 Å². The van der Waals surface area contributed by atoms with E-state index in [9.17, 15) is 9.59 Å². The van der Waals surface area contributed by atoms with Gasteiger partial charge in [0.15, 0.2) is 0 Å². The minimum atomic E-state index is -0.568. The van der Waals surface area contributed by atoms with E-state index < -0.39 is 5.91 Å². The van der Waals surface area contributed by atoms with Gasteiger partial charge in [0.2, 0.25) is 0 Å². The van der Waals surface area contributed by atoms with E-state index in [4.69, 9.17) is 5.73 Å².